The molecule has 180 valence electrons. The van der Waals surface area contributed by atoms with Crippen molar-refractivity contribution in [3.8, 4) is 0 Å². The van der Waals surface area contributed by atoms with Crippen molar-refractivity contribution in [2.24, 2.45) is 11.7 Å². The van der Waals surface area contributed by atoms with E-state index in [0.29, 0.717) is 17.3 Å². The molecule has 0 saturated carbocycles. The number of likely N-dealkylation sites (tertiary alicyclic amines) is 1. The number of aldehydes is 1. The summed E-state index contributed by atoms with van der Waals surface area (Å²) in [5.74, 6) is 1.20. The number of anilines is 1. The number of rotatable bonds is 5. The summed E-state index contributed by atoms with van der Waals surface area (Å²) in [5.41, 5.74) is 6.80. The minimum absolute atomic E-state index is 0.508. The normalized spacial score (nSPS) is 16.9. The quantitative estimate of drug-likeness (QED) is 0.177. The summed E-state index contributed by atoms with van der Waals surface area (Å²) < 4.78 is 0. The molecule has 32 heavy (non-hydrogen) atoms. The molecule has 1 aromatic rings. The van der Waals surface area contributed by atoms with E-state index in [4.69, 9.17) is 13.4 Å². The number of nitrogens with one attached hydrogen (secondary N) is 2. The number of piperidine rings is 1. The molecule has 0 unspecified atom stereocenters. The van der Waals surface area contributed by atoms with Gasteiger partial charge in [0.15, 0.2) is 7.98 Å². The van der Waals surface area contributed by atoms with Gasteiger partial charge in [-0.05, 0) is 63.4 Å². The van der Waals surface area contributed by atoms with Crippen LogP contribution in [0.1, 0.15) is 42.6 Å². The molecule has 0 atom stereocenters. The summed E-state index contributed by atoms with van der Waals surface area (Å²) in [4.78, 5) is 17.6. The summed E-state index contributed by atoms with van der Waals surface area (Å²) in [5, 5.41) is 11.8. The van der Waals surface area contributed by atoms with Gasteiger partial charge >= 0.3 is 0 Å². The molecule has 0 spiro atoms. The van der Waals surface area contributed by atoms with Crippen molar-refractivity contribution in [3.63, 3.8) is 0 Å². The van der Waals surface area contributed by atoms with Crippen molar-refractivity contribution in [3.05, 3.63) is 29.3 Å². The Kier molecular flexibility index (Phi) is 17.1. The number of carbonyl (C=O) groups excluding carboxylic acids is 1. The SMILES string of the molecule is CC.CN.CS.[B]N1CCN(CC2CCN(C(=N)c3cc(C=O)ccc3NC)CC2)CC1. The Balaban J connectivity index is 0.00000148. The Morgan fingerprint density at radius 1 is 1.16 bits per heavy atom. The highest BCUT2D eigenvalue weighted by Gasteiger charge is 2.25. The first-order valence-electron chi connectivity index (χ1n) is 11.5. The lowest BCUT2D eigenvalue weighted by atomic mass is 9.95. The molecule has 0 bridgehead atoms. The van der Waals surface area contributed by atoms with Gasteiger partial charge < -0.3 is 25.7 Å². The van der Waals surface area contributed by atoms with E-state index in [0.717, 1.165) is 76.2 Å². The molecule has 0 amide bonds. The monoisotopic (exact) mass is 462 g/mol. The van der Waals surface area contributed by atoms with Crippen LogP contribution >= 0.6 is 12.6 Å². The molecule has 2 heterocycles. The van der Waals surface area contributed by atoms with Gasteiger partial charge in [0, 0.05) is 56.6 Å². The van der Waals surface area contributed by atoms with Crippen LogP contribution in [0.15, 0.2) is 18.2 Å². The highest BCUT2D eigenvalue weighted by Crippen LogP contribution is 2.24. The van der Waals surface area contributed by atoms with Gasteiger partial charge in [0.25, 0.3) is 0 Å². The van der Waals surface area contributed by atoms with E-state index in [1.165, 1.54) is 7.05 Å². The summed E-state index contributed by atoms with van der Waals surface area (Å²) in [6.45, 7) is 10.9. The van der Waals surface area contributed by atoms with Gasteiger partial charge in [-0.1, -0.05) is 13.8 Å². The Hall–Kier alpha value is -1.55. The number of nitrogens with zero attached hydrogens (tertiary/aromatic N) is 3. The van der Waals surface area contributed by atoms with Crippen molar-refractivity contribution in [2.45, 2.75) is 26.7 Å². The molecular weight excluding hydrogens is 419 g/mol. The van der Waals surface area contributed by atoms with Crippen LogP contribution < -0.4 is 11.1 Å². The molecule has 3 rings (SSSR count). The second-order valence-corrected chi connectivity index (χ2v) is 7.29. The van der Waals surface area contributed by atoms with Crippen LogP contribution in [0.25, 0.3) is 0 Å². The number of thiol groups is 1. The number of carbonyl (C=O) groups is 1. The molecule has 1 aromatic carbocycles. The maximum Gasteiger partial charge on any atom is 0.182 e. The molecule has 2 aliphatic rings. The number of benzene rings is 1. The molecule has 0 aromatic heterocycles. The second kappa shape index (κ2) is 17.9. The topological polar surface area (TPSA) is 88.7 Å². The first kappa shape index (κ1) is 30.5. The zero-order valence-electron chi connectivity index (χ0n) is 20.6. The molecule has 0 aliphatic carbocycles. The lowest BCUT2D eigenvalue weighted by Crippen LogP contribution is -2.48. The summed E-state index contributed by atoms with van der Waals surface area (Å²) in [6.07, 6.45) is 4.74. The van der Waals surface area contributed by atoms with Gasteiger partial charge in [-0.15, -0.1) is 0 Å². The standard InChI is InChI=1S/C19H28BN5O.C2H6.CH5N.CH4S/c1-22-18-3-2-16(14-26)12-17(18)19(21)24-6-4-15(5-7-24)13-23-8-10-25(20)11-9-23;3*1-2/h2-3,12,14-15,21-22H,4-11,13H2,1H3;1-2H3;2H2,1H3;2H,1H3. The van der Waals surface area contributed by atoms with Crippen molar-refractivity contribution < 1.29 is 4.79 Å². The molecule has 7 nitrogen and oxygen atoms in total. The van der Waals surface area contributed by atoms with Crippen molar-refractivity contribution >= 4 is 38.4 Å². The van der Waals surface area contributed by atoms with Crippen molar-refractivity contribution in [1.82, 2.24) is 14.6 Å². The predicted octanol–water partition coefficient (Wildman–Crippen LogP) is 2.43. The van der Waals surface area contributed by atoms with Crippen LogP contribution in [-0.2, 0) is 0 Å². The van der Waals surface area contributed by atoms with E-state index in [2.05, 4.69) is 33.5 Å². The Bertz CT molecular complexity index is 647. The van der Waals surface area contributed by atoms with Gasteiger partial charge in [0.1, 0.15) is 12.1 Å². The molecule has 4 N–H and O–H groups in total. The molecule has 2 saturated heterocycles. The maximum atomic E-state index is 11.1. The van der Waals surface area contributed by atoms with Crippen LogP contribution in [0.5, 0.6) is 0 Å². The van der Waals surface area contributed by atoms with Crippen LogP contribution in [0, 0.1) is 11.3 Å². The number of amidine groups is 1. The van der Waals surface area contributed by atoms with Crippen LogP contribution in [0.2, 0.25) is 0 Å². The van der Waals surface area contributed by atoms with E-state index in [9.17, 15) is 4.79 Å². The molecule has 2 fully saturated rings. The van der Waals surface area contributed by atoms with Crippen molar-refractivity contribution in [2.75, 3.05) is 71.5 Å². The number of hydrogen-bond donors (Lipinski definition) is 4. The first-order valence-corrected chi connectivity index (χ1v) is 12.4. The maximum absolute atomic E-state index is 11.1. The number of hydrogen-bond acceptors (Lipinski definition) is 7. The highest BCUT2D eigenvalue weighted by molar-refractivity contribution is 7.79. The van der Waals surface area contributed by atoms with E-state index in [-0.39, 0.29) is 0 Å². The zero-order valence-corrected chi connectivity index (χ0v) is 21.5. The van der Waals surface area contributed by atoms with E-state index < -0.39 is 0 Å². The van der Waals surface area contributed by atoms with Crippen LogP contribution in [-0.4, -0.2) is 101 Å². The van der Waals surface area contributed by atoms with E-state index >= 15 is 0 Å². The first-order chi connectivity index (χ1) is 15.6. The highest BCUT2D eigenvalue weighted by atomic mass is 32.1. The Morgan fingerprint density at radius 2 is 1.72 bits per heavy atom. The Morgan fingerprint density at radius 3 is 2.22 bits per heavy atom. The zero-order chi connectivity index (χ0) is 24.5. The second-order valence-electron chi connectivity index (χ2n) is 7.29. The van der Waals surface area contributed by atoms with Gasteiger partial charge in [-0.2, -0.15) is 12.6 Å². The van der Waals surface area contributed by atoms with E-state index in [1.807, 2.05) is 31.8 Å². The number of nitrogens with two attached hydrogens (primary N) is 1. The van der Waals surface area contributed by atoms with Gasteiger partial charge in [-0.25, -0.2) is 0 Å². The van der Waals surface area contributed by atoms with Crippen LogP contribution in [0.4, 0.5) is 5.69 Å². The van der Waals surface area contributed by atoms with Gasteiger partial charge in [0.2, 0.25) is 0 Å². The van der Waals surface area contributed by atoms with Crippen LogP contribution in [0.3, 0.4) is 0 Å². The Labute approximate surface area is 202 Å². The summed E-state index contributed by atoms with van der Waals surface area (Å²) in [6, 6.07) is 5.46. The minimum Gasteiger partial charge on any atom is -0.388 e. The van der Waals surface area contributed by atoms with E-state index in [1.54, 1.807) is 18.4 Å². The summed E-state index contributed by atoms with van der Waals surface area (Å²) in [7, 11) is 9.18. The lowest BCUT2D eigenvalue weighted by Gasteiger charge is -2.39. The fourth-order valence-electron chi connectivity index (χ4n) is 3.87. The molecule has 2 radical (unpaired) electrons. The molecule has 9 heteroatoms. The molecular formula is C23H43BN6OS. The fourth-order valence-corrected chi connectivity index (χ4v) is 3.87. The average Bonchev–Trinajstić information content (AvgIpc) is 2.88. The van der Waals surface area contributed by atoms with Gasteiger partial charge in [0.05, 0.1) is 0 Å². The lowest BCUT2D eigenvalue weighted by molar-refractivity contribution is 0.112. The smallest absolute Gasteiger partial charge is 0.182 e. The third-order valence-electron chi connectivity index (χ3n) is 5.56. The largest absolute Gasteiger partial charge is 0.388 e. The third-order valence-corrected chi connectivity index (χ3v) is 5.56. The number of piperazine rings is 1. The fraction of sp³-hybridized carbons (Fsp3) is 0.652. The average molecular weight is 463 g/mol. The summed E-state index contributed by atoms with van der Waals surface area (Å²) >= 11 is 3.53. The molecule has 2 aliphatic heterocycles. The van der Waals surface area contributed by atoms with Gasteiger partial charge in [-0.3, -0.25) is 10.2 Å². The minimum atomic E-state index is 0.508. The predicted molar refractivity (Wildman–Crippen MR) is 143 cm³/mol. The van der Waals surface area contributed by atoms with Crippen molar-refractivity contribution in [1.29, 1.82) is 5.41 Å². The third kappa shape index (κ3) is 9.52.